The summed E-state index contributed by atoms with van der Waals surface area (Å²) in [5.74, 6) is 1.90. The minimum Gasteiger partial charge on any atom is -0.379 e. The minimum atomic E-state index is 0.613. The summed E-state index contributed by atoms with van der Waals surface area (Å²) in [7, 11) is 1.79. The fourth-order valence-corrected chi connectivity index (χ4v) is 2.27. The molecule has 2 N–H and O–H groups in total. The topological polar surface area (TPSA) is 54.9 Å². The molecule has 0 spiro atoms. The van der Waals surface area contributed by atoms with Crippen LogP contribution in [0.1, 0.15) is 18.1 Å². The molecule has 0 aromatic heterocycles. The third-order valence-corrected chi connectivity index (χ3v) is 3.73. The lowest BCUT2D eigenvalue weighted by Crippen LogP contribution is -2.37. The van der Waals surface area contributed by atoms with Gasteiger partial charge in [0.1, 0.15) is 0 Å². The molecule has 0 aliphatic carbocycles. The van der Waals surface area contributed by atoms with Gasteiger partial charge in [0, 0.05) is 32.5 Å². The first-order valence-electron chi connectivity index (χ1n) is 7.97. The maximum Gasteiger partial charge on any atom is 0.191 e. The number of guanidine groups is 1. The number of aliphatic imine (C=N–C) groups is 1. The number of nitrogens with zero attached hydrogens (tertiary/aromatic N) is 1. The molecule has 0 saturated heterocycles. The molecule has 1 aromatic carbocycles. The van der Waals surface area contributed by atoms with Crippen LogP contribution in [-0.2, 0) is 22.6 Å². The molecule has 0 aliphatic heterocycles. The van der Waals surface area contributed by atoms with Crippen LogP contribution >= 0.6 is 11.8 Å². The van der Waals surface area contributed by atoms with Gasteiger partial charge in [-0.25, -0.2) is 0 Å². The molecule has 1 aromatic rings. The average Bonchev–Trinajstić information content (AvgIpc) is 2.58. The van der Waals surface area contributed by atoms with Crippen molar-refractivity contribution in [2.24, 2.45) is 4.99 Å². The molecule has 5 nitrogen and oxygen atoms in total. The third-order valence-electron chi connectivity index (χ3n) is 3.12. The minimum absolute atomic E-state index is 0.613. The quantitative estimate of drug-likeness (QED) is 0.368. The van der Waals surface area contributed by atoms with Crippen molar-refractivity contribution in [1.29, 1.82) is 0 Å². The Labute approximate surface area is 144 Å². The van der Waals surface area contributed by atoms with Gasteiger partial charge >= 0.3 is 0 Å². The number of nitrogens with one attached hydrogen (secondary N) is 2. The van der Waals surface area contributed by atoms with Gasteiger partial charge in [0.05, 0.1) is 19.8 Å². The van der Waals surface area contributed by atoms with E-state index in [2.05, 4.69) is 46.1 Å². The van der Waals surface area contributed by atoms with E-state index in [1.54, 1.807) is 7.05 Å². The normalized spacial score (nSPS) is 11.5. The van der Waals surface area contributed by atoms with Crippen molar-refractivity contribution in [3.8, 4) is 0 Å². The molecule has 0 heterocycles. The standard InChI is InChI=1S/C17H29N3O2S/c1-4-21-9-10-22-14-16-7-5-6-15(12-16)13-20-17(18-2)19-8-11-23-3/h5-7,12H,4,8-11,13-14H2,1-3H3,(H2,18,19,20). The van der Waals surface area contributed by atoms with E-state index >= 15 is 0 Å². The van der Waals surface area contributed by atoms with Crippen LogP contribution in [0.5, 0.6) is 0 Å². The molecular weight excluding hydrogens is 310 g/mol. The van der Waals surface area contributed by atoms with Crippen LogP contribution in [0.4, 0.5) is 0 Å². The molecule has 6 heteroatoms. The summed E-state index contributed by atoms with van der Waals surface area (Å²) >= 11 is 1.81. The van der Waals surface area contributed by atoms with Crippen LogP contribution < -0.4 is 10.6 Å². The summed E-state index contributed by atoms with van der Waals surface area (Å²) in [6.45, 7) is 6.26. The lowest BCUT2D eigenvalue weighted by Gasteiger charge is -2.12. The first-order chi connectivity index (χ1) is 11.3. The number of hydrogen-bond donors (Lipinski definition) is 2. The smallest absolute Gasteiger partial charge is 0.191 e. The first kappa shape index (κ1) is 19.8. The van der Waals surface area contributed by atoms with Crippen LogP contribution in [0, 0.1) is 0 Å². The fraction of sp³-hybridized carbons (Fsp3) is 0.588. The first-order valence-corrected chi connectivity index (χ1v) is 9.36. The Morgan fingerprint density at radius 2 is 1.96 bits per heavy atom. The Kier molecular flexibility index (Phi) is 11.4. The summed E-state index contributed by atoms with van der Waals surface area (Å²) in [5, 5.41) is 6.61. The van der Waals surface area contributed by atoms with E-state index in [4.69, 9.17) is 9.47 Å². The van der Waals surface area contributed by atoms with Gasteiger partial charge in [-0.2, -0.15) is 11.8 Å². The molecule has 1 rings (SSSR count). The van der Waals surface area contributed by atoms with Crippen molar-refractivity contribution >= 4 is 17.7 Å². The maximum absolute atomic E-state index is 5.61. The van der Waals surface area contributed by atoms with E-state index in [9.17, 15) is 0 Å². The number of hydrogen-bond acceptors (Lipinski definition) is 4. The van der Waals surface area contributed by atoms with Gasteiger partial charge in [-0.15, -0.1) is 0 Å². The average molecular weight is 340 g/mol. The van der Waals surface area contributed by atoms with Gasteiger partial charge in [-0.05, 0) is 24.3 Å². The zero-order chi connectivity index (χ0) is 16.8. The second kappa shape index (κ2) is 13.2. The van der Waals surface area contributed by atoms with Crippen LogP contribution in [0.3, 0.4) is 0 Å². The van der Waals surface area contributed by atoms with Gasteiger partial charge in [0.2, 0.25) is 0 Å². The van der Waals surface area contributed by atoms with E-state index in [-0.39, 0.29) is 0 Å². The highest BCUT2D eigenvalue weighted by Gasteiger charge is 2.00. The number of thioether (sulfide) groups is 1. The molecule has 0 radical (unpaired) electrons. The Balaban J connectivity index is 2.35. The summed E-state index contributed by atoms with van der Waals surface area (Å²) in [6, 6.07) is 8.40. The van der Waals surface area contributed by atoms with E-state index in [0.29, 0.717) is 19.8 Å². The Morgan fingerprint density at radius 1 is 1.17 bits per heavy atom. The molecule has 23 heavy (non-hydrogen) atoms. The van der Waals surface area contributed by atoms with Crippen molar-refractivity contribution in [3.63, 3.8) is 0 Å². The van der Waals surface area contributed by atoms with Crippen molar-refractivity contribution in [2.75, 3.05) is 45.4 Å². The van der Waals surface area contributed by atoms with Crippen LogP contribution in [0.25, 0.3) is 0 Å². The van der Waals surface area contributed by atoms with Crippen molar-refractivity contribution in [3.05, 3.63) is 35.4 Å². The Morgan fingerprint density at radius 3 is 2.70 bits per heavy atom. The van der Waals surface area contributed by atoms with Crippen molar-refractivity contribution in [1.82, 2.24) is 10.6 Å². The highest BCUT2D eigenvalue weighted by Crippen LogP contribution is 2.06. The third kappa shape index (κ3) is 9.48. The Bertz CT molecular complexity index is 455. The number of benzene rings is 1. The van der Waals surface area contributed by atoms with Gasteiger partial charge in [-0.3, -0.25) is 4.99 Å². The summed E-state index contributed by atoms with van der Waals surface area (Å²) < 4.78 is 10.9. The number of ether oxygens (including phenoxy) is 2. The summed E-state index contributed by atoms with van der Waals surface area (Å²) in [6.07, 6.45) is 2.10. The summed E-state index contributed by atoms with van der Waals surface area (Å²) in [4.78, 5) is 4.22. The van der Waals surface area contributed by atoms with E-state index in [1.165, 1.54) is 11.1 Å². The second-order valence-corrected chi connectivity index (χ2v) is 5.90. The molecular formula is C17H29N3O2S. The van der Waals surface area contributed by atoms with E-state index < -0.39 is 0 Å². The molecule has 130 valence electrons. The highest BCUT2D eigenvalue weighted by molar-refractivity contribution is 7.98. The SMILES string of the molecule is CCOCCOCc1cccc(CNC(=NC)NCCSC)c1. The van der Waals surface area contributed by atoms with Gasteiger partial charge in [0.15, 0.2) is 5.96 Å². The Hall–Kier alpha value is -1.24. The van der Waals surface area contributed by atoms with Crippen LogP contribution in [-0.4, -0.2) is 51.4 Å². The molecule has 0 amide bonds. The van der Waals surface area contributed by atoms with E-state index in [0.717, 1.165) is 31.4 Å². The maximum atomic E-state index is 5.61. The van der Waals surface area contributed by atoms with Crippen LogP contribution in [0.15, 0.2) is 29.3 Å². The second-order valence-electron chi connectivity index (χ2n) is 4.91. The molecule has 0 atom stereocenters. The van der Waals surface area contributed by atoms with Gasteiger partial charge < -0.3 is 20.1 Å². The number of rotatable bonds is 11. The predicted molar refractivity (Wildman–Crippen MR) is 99.2 cm³/mol. The van der Waals surface area contributed by atoms with Crippen molar-refractivity contribution in [2.45, 2.75) is 20.1 Å². The molecule has 0 unspecified atom stereocenters. The largest absolute Gasteiger partial charge is 0.379 e. The zero-order valence-electron chi connectivity index (χ0n) is 14.4. The predicted octanol–water partition coefficient (Wildman–Crippen LogP) is 2.27. The van der Waals surface area contributed by atoms with Crippen molar-refractivity contribution < 1.29 is 9.47 Å². The fourth-order valence-electron chi connectivity index (χ4n) is 1.96. The van der Waals surface area contributed by atoms with Gasteiger partial charge in [0.25, 0.3) is 0 Å². The van der Waals surface area contributed by atoms with Gasteiger partial charge in [-0.1, -0.05) is 24.3 Å². The monoisotopic (exact) mass is 339 g/mol. The molecule has 0 saturated carbocycles. The highest BCUT2D eigenvalue weighted by atomic mass is 32.2. The van der Waals surface area contributed by atoms with Crippen LogP contribution in [0.2, 0.25) is 0 Å². The molecule has 0 aliphatic rings. The lowest BCUT2D eigenvalue weighted by molar-refractivity contribution is 0.0453. The van der Waals surface area contributed by atoms with E-state index in [1.807, 2.05) is 18.7 Å². The summed E-state index contributed by atoms with van der Waals surface area (Å²) in [5.41, 5.74) is 2.38. The molecule has 0 bridgehead atoms. The zero-order valence-corrected chi connectivity index (χ0v) is 15.2. The molecule has 0 fully saturated rings. The lowest BCUT2D eigenvalue weighted by atomic mass is 10.1.